The summed E-state index contributed by atoms with van der Waals surface area (Å²) in [5, 5.41) is 11.3. The molecule has 1 heterocycles. The van der Waals surface area contributed by atoms with Gasteiger partial charge in [0.15, 0.2) is 0 Å². The summed E-state index contributed by atoms with van der Waals surface area (Å²) in [4.78, 5) is 28.0. The summed E-state index contributed by atoms with van der Waals surface area (Å²) in [5.74, 6) is 0.0847. The number of hydrogen-bond donors (Lipinski definition) is 1. The Bertz CT molecular complexity index is 1250. The lowest BCUT2D eigenvalue weighted by atomic mass is 9.95. The molecule has 1 N–H and O–H groups in total. The first-order valence-electron chi connectivity index (χ1n) is 11.4. The van der Waals surface area contributed by atoms with Gasteiger partial charge in [0.1, 0.15) is 23.0 Å². The van der Waals surface area contributed by atoms with Crippen molar-refractivity contribution in [2.45, 2.75) is 19.9 Å². The van der Waals surface area contributed by atoms with E-state index in [0.29, 0.717) is 47.3 Å². The van der Waals surface area contributed by atoms with Crippen LogP contribution >= 0.6 is 0 Å². The van der Waals surface area contributed by atoms with Crippen LogP contribution in [-0.4, -0.2) is 37.1 Å². The molecule has 1 fully saturated rings. The van der Waals surface area contributed by atoms with E-state index in [-0.39, 0.29) is 11.3 Å². The number of amides is 1. The van der Waals surface area contributed by atoms with Crippen LogP contribution in [0.15, 0.2) is 78.4 Å². The lowest BCUT2D eigenvalue weighted by Crippen LogP contribution is -2.29. The predicted octanol–water partition coefficient (Wildman–Crippen LogP) is 5.12. The molecule has 0 radical (unpaired) electrons. The second-order valence-corrected chi connectivity index (χ2v) is 7.83. The number of aliphatic hydroxyl groups excluding tert-OH is 1. The first-order chi connectivity index (χ1) is 17.0. The number of Topliss-reactive ketones (excluding diaryl/α,β-unsaturated/α-hetero) is 1. The van der Waals surface area contributed by atoms with Crippen LogP contribution in [0.1, 0.15) is 31.0 Å². The minimum Gasteiger partial charge on any atom is -0.507 e. The van der Waals surface area contributed by atoms with Crippen molar-refractivity contribution in [3.8, 4) is 17.2 Å². The van der Waals surface area contributed by atoms with Gasteiger partial charge in [0.25, 0.3) is 11.7 Å². The van der Waals surface area contributed by atoms with Crippen LogP contribution in [0, 0.1) is 0 Å². The summed E-state index contributed by atoms with van der Waals surface area (Å²) in [7, 11) is 1.52. The summed E-state index contributed by atoms with van der Waals surface area (Å²) in [6, 6.07) is 20.0. The summed E-state index contributed by atoms with van der Waals surface area (Å²) < 4.78 is 16.3. The minimum absolute atomic E-state index is 0.00120. The Hall–Kier alpha value is -4.26. The van der Waals surface area contributed by atoms with E-state index >= 15 is 0 Å². The number of aliphatic hydroxyl groups is 1. The molecule has 0 spiro atoms. The third-order valence-electron chi connectivity index (χ3n) is 5.72. The lowest BCUT2D eigenvalue weighted by molar-refractivity contribution is -0.132. The molecule has 1 aliphatic heterocycles. The molecule has 1 saturated heterocycles. The molecule has 1 amide bonds. The molecule has 7 heteroatoms. The van der Waals surface area contributed by atoms with Crippen molar-refractivity contribution in [3.63, 3.8) is 0 Å². The molecule has 1 atom stereocenters. The highest BCUT2D eigenvalue weighted by Crippen LogP contribution is 2.43. The normalized spacial score (nSPS) is 16.9. The van der Waals surface area contributed by atoms with Crippen LogP contribution in [0.2, 0.25) is 0 Å². The molecular weight excluding hydrogens is 446 g/mol. The summed E-state index contributed by atoms with van der Waals surface area (Å²) >= 11 is 0. The molecular formula is C28H27NO6. The Morgan fingerprint density at radius 3 is 2.03 bits per heavy atom. The number of ketones is 1. The third kappa shape index (κ3) is 4.71. The summed E-state index contributed by atoms with van der Waals surface area (Å²) in [5.41, 5.74) is 1.55. The SMILES string of the molecule is CCOc1ccc(C2/C(=C(/O)c3cccc(OC)c3)C(=O)C(=O)N2c2ccc(OCC)cc2)cc1. The molecule has 35 heavy (non-hydrogen) atoms. The molecule has 180 valence electrons. The van der Waals surface area contributed by atoms with Crippen LogP contribution < -0.4 is 19.1 Å². The molecule has 0 aromatic heterocycles. The van der Waals surface area contributed by atoms with E-state index in [0.717, 1.165) is 0 Å². The van der Waals surface area contributed by atoms with Crippen molar-refractivity contribution in [2.24, 2.45) is 0 Å². The van der Waals surface area contributed by atoms with Gasteiger partial charge in [-0.25, -0.2) is 0 Å². The average molecular weight is 474 g/mol. The Labute approximate surface area is 204 Å². The monoisotopic (exact) mass is 473 g/mol. The fourth-order valence-electron chi connectivity index (χ4n) is 4.12. The number of methoxy groups -OCH3 is 1. The van der Waals surface area contributed by atoms with Crippen molar-refractivity contribution in [3.05, 3.63) is 89.5 Å². The molecule has 0 aliphatic carbocycles. The highest BCUT2D eigenvalue weighted by atomic mass is 16.5. The van der Waals surface area contributed by atoms with Gasteiger partial charge < -0.3 is 19.3 Å². The molecule has 3 aromatic rings. The quantitative estimate of drug-likeness (QED) is 0.278. The number of benzene rings is 3. The van der Waals surface area contributed by atoms with Crippen molar-refractivity contribution < 1.29 is 28.9 Å². The molecule has 3 aromatic carbocycles. The zero-order valence-corrected chi connectivity index (χ0v) is 19.9. The second kappa shape index (κ2) is 10.3. The Morgan fingerprint density at radius 2 is 1.46 bits per heavy atom. The van der Waals surface area contributed by atoms with E-state index in [1.165, 1.54) is 12.0 Å². The largest absolute Gasteiger partial charge is 0.507 e. The van der Waals surface area contributed by atoms with E-state index in [1.54, 1.807) is 72.8 Å². The predicted molar refractivity (Wildman–Crippen MR) is 133 cm³/mol. The average Bonchev–Trinajstić information content (AvgIpc) is 3.15. The zero-order valence-electron chi connectivity index (χ0n) is 19.9. The number of ether oxygens (including phenoxy) is 3. The van der Waals surface area contributed by atoms with Crippen molar-refractivity contribution in [1.29, 1.82) is 0 Å². The number of nitrogens with zero attached hydrogens (tertiary/aromatic N) is 1. The van der Waals surface area contributed by atoms with E-state index in [4.69, 9.17) is 14.2 Å². The van der Waals surface area contributed by atoms with E-state index < -0.39 is 17.7 Å². The van der Waals surface area contributed by atoms with Gasteiger partial charge in [0, 0.05) is 11.3 Å². The van der Waals surface area contributed by atoms with Crippen LogP contribution in [-0.2, 0) is 9.59 Å². The van der Waals surface area contributed by atoms with Gasteiger partial charge in [-0.1, -0.05) is 24.3 Å². The molecule has 1 aliphatic rings. The van der Waals surface area contributed by atoms with Crippen LogP contribution in [0.3, 0.4) is 0 Å². The number of carbonyl (C=O) groups is 2. The standard InChI is InChI=1S/C28H27NO6/c1-4-34-21-13-9-18(10-14-21)25-24(26(30)19-7-6-8-23(17-19)33-3)27(31)28(32)29(25)20-11-15-22(16-12-20)35-5-2/h6-17,25,30H,4-5H2,1-3H3/b26-24-. The second-order valence-electron chi connectivity index (χ2n) is 7.83. The summed E-state index contributed by atoms with van der Waals surface area (Å²) in [6.45, 7) is 4.80. The van der Waals surface area contributed by atoms with Crippen LogP contribution in [0.25, 0.3) is 5.76 Å². The topological polar surface area (TPSA) is 85.3 Å². The molecule has 7 nitrogen and oxygen atoms in total. The number of carbonyl (C=O) groups excluding carboxylic acids is 2. The van der Waals surface area contributed by atoms with E-state index in [1.807, 2.05) is 13.8 Å². The highest BCUT2D eigenvalue weighted by Gasteiger charge is 2.47. The first-order valence-corrected chi connectivity index (χ1v) is 11.4. The molecule has 4 rings (SSSR count). The Morgan fingerprint density at radius 1 is 0.857 bits per heavy atom. The fraction of sp³-hybridized carbons (Fsp3) is 0.214. The van der Waals surface area contributed by atoms with Crippen LogP contribution in [0.4, 0.5) is 5.69 Å². The Balaban J connectivity index is 1.87. The highest BCUT2D eigenvalue weighted by molar-refractivity contribution is 6.51. The van der Waals surface area contributed by atoms with Crippen LogP contribution in [0.5, 0.6) is 17.2 Å². The third-order valence-corrected chi connectivity index (χ3v) is 5.72. The van der Waals surface area contributed by atoms with Gasteiger partial charge in [0.2, 0.25) is 0 Å². The van der Waals surface area contributed by atoms with Crippen molar-refractivity contribution in [2.75, 3.05) is 25.2 Å². The van der Waals surface area contributed by atoms with Gasteiger partial charge in [-0.2, -0.15) is 0 Å². The first kappa shape index (κ1) is 23.9. The molecule has 1 unspecified atom stereocenters. The fourth-order valence-corrected chi connectivity index (χ4v) is 4.12. The number of rotatable bonds is 8. The van der Waals surface area contributed by atoms with Gasteiger partial charge >= 0.3 is 0 Å². The van der Waals surface area contributed by atoms with E-state index in [2.05, 4.69) is 0 Å². The lowest BCUT2D eigenvalue weighted by Gasteiger charge is -2.26. The maximum Gasteiger partial charge on any atom is 0.300 e. The van der Waals surface area contributed by atoms with Crippen molar-refractivity contribution >= 4 is 23.1 Å². The van der Waals surface area contributed by atoms with Crippen molar-refractivity contribution in [1.82, 2.24) is 0 Å². The van der Waals surface area contributed by atoms with Gasteiger partial charge in [0.05, 0.1) is 31.9 Å². The number of anilines is 1. The minimum atomic E-state index is -0.838. The molecule has 0 bridgehead atoms. The maximum absolute atomic E-state index is 13.3. The smallest absolute Gasteiger partial charge is 0.300 e. The Kier molecular flexibility index (Phi) is 7.06. The molecule has 0 saturated carbocycles. The maximum atomic E-state index is 13.3. The van der Waals surface area contributed by atoms with E-state index in [9.17, 15) is 14.7 Å². The number of hydrogen-bond acceptors (Lipinski definition) is 6. The zero-order chi connectivity index (χ0) is 24.9. The van der Waals surface area contributed by atoms with Gasteiger partial charge in [-0.05, 0) is 67.9 Å². The van der Waals surface area contributed by atoms with Gasteiger partial charge in [-0.15, -0.1) is 0 Å². The summed E-state index contributed by atoms with van der Waals surface area (Å²) in [6.07, 6.45) is 0. The van der Waals surface area contributed by atoms with Gasteiger partial charge in [-0.3, -0.25) is 14.5 Å².